The molecule has 25 heavy (non-hydrogen) atoms. The zero-order valence-electron chi connectivity index (χ0n) is 14.7. The van der Waals surface area contributed by atoms with Crippen LogP contribution in [0.5, 0.6) is 5.75 Å². The van der Waals surface area contributed by atoms with E-state index in [2.05, 4.69) is 5.16 Å². The second kappa shape index (κ2) is 7.09. The van der Waals surface area contributed by atoms with Gasteiger partial charge in [0.1, 0.15) is 12.4 Å². The molecule has 2 heterocycles. The van der Waals surface area contributed by atoms with Crippen molar-refractivity contribution in [3.8, 4) is 5.75 Å². The number of hydrogen-bond donors (Lipinski definition) is 0. The number of carbonyl (C=O) groups excluding carboxylic acids is 2. The van der Waals surface area contributed by atoms with Gasteiger partial charge in [-0.25, -0.2) is 0 Å². The molecule has 1 saturated heterocycles. The van der Waals surface area contributed by atoms with Crippen molar-refractivity contribution >= 4 is 11.7 Å². The van der Waals surface area contributed by atoms with Gasteiger partial charge in [-0.15, -0.1) is 0 Å². The number of likely N-dealkylation sites (tertiary alicyclic amines) is 1. The third-order valence-corrected chi connectivity index (χ3v) is 4.59. The highest BCUT2D eigenvalue weighted by Crippen LogP contribution is 2.25. The lowest BCUT2D eigenvalue weighted by atomic mass is 10.1. The van der Waals surface area contributed by atoms with E-state index in [1.54, 1.807) is 30.3 Å². The molecule has 1 aliphatic rings. The average Bonchev–Trinajstić information content (AvgIpc) is 3.19. The highest BCUT2D eigenvalue weighted by atomic mass is 16.5. The summed E-state index contributed by atoms with van der Waals surface area (Å²) in [6.07, 6.45) is 2.01. The molecule has 1 aromatic heterocycles. The van der Waals surface area contributed by atoms with Crippen LogP contribution in [0.3, 0.4) is 0 Å². The van der Waals surface area contributed by atoms with Crippen LogP contribution in [0, 0.1) is 0 Å². The minimum absolute atomic E-state index is 0.0214. The first kappa shape index (κ1) is 17.2. The SMILES string of the molecule is CC(=O)c1cccc(OCc2cc(C(=O)N3C(C)CCC3C)no2)c1. The van der Waals surface area contributed by atoms with Crippen LogP contribution in [0.15, 0.2) is 34.9 Å². The Kier molecular flexibility index (Phi) is 4.88. The molecule has 0 aliphatic carbocycles. The first-order chi connectivity index (χ1) is 12.0. The van der Waals surface area contributed by atoms with Crippen molar-refractivity contribution in [3.63, 3.8) is 0 Å². The molecule has 6 heteroatoms. The fraction of sp³-hybridized carbons (Fsp3) is 0.421. The normalized spacial score (nSPS) is 19.9. The van der Waals surface area contributed by atoms with Crippen LogP contribution in [-0.4, -0.2) is 33.8 Å². The van der Waals surface area contributed by atoms with E-state index in [1.165, 1.54) is 6.92 Å². The van der Waals surface area contributed by atoms with Gasteiger partial charge in [0.2, 0.25) is 0 Å². The van der Waals surface area contributed by atoms with Crippen molar-refractivity contribution in [1.29, 1.82) is 0 Å². The molecule has 0 bridgehead atoms. The van der Waals surface area contributed by atoms with E-state index in [0.29, 0.717) is 22.8 Å². The molecule has 0 N–H and O–H groups in total. The molecule has 1 fully saturated rings. The molecule has 6 nitrogen and oxygen atoms in total. The molecular formula is C19H22N2O4. The Labute approximate surface area is 146 Å². The van der Waals surface area contributed by atoms with Crippen LogP contribution < -0.4 is 4.74 Å². The highest BCUT2D eigenvalue weighted by Gasteiger charge is 2.33. The molecule has 0 spiro atoms. The topological polar surface area (TPSA) is 72.6 Å². The van der Waals surface area contributed by atoms with Crippen LogP contribution in [0.2, 0.25) is 0 Å². The van der Waals surface area contributed by atoms with E-state index in [4.69, 9.17) is 9.26 Å². The number of hydrogen-bond acceptors (Lipinski definition) is 5. The van der Waals surface area contributed by atoms with E-state index in [9.17, 15) is 9.59 Å². The van der Waals surface area contributed by atoms with E-state index in [0.717, 1.165) is 12.8 Å². The summed E-state index contributed by atoms with van der Waals surface area (Å²) in [4.78, 5) is 25.9. The molecule has 0 saturated carbocycles. The van der Waals surface area contributed by atoms with Gasteiger partial charge in [-0.05, 0) is 45.7 Å². The molecule has 0 radical (unpaired) electrons. The molecule has 132 valence electrons. The third-order valence-electron chi connectivity index (χ3n) is 4.59. The lowest BCUT2D eigenvalue weighted by Crippen LogP contribution is -2.38. The maximum atomic E-state index is 12.6. The number of carbonyl (C=O) groups is 2. The zero-order valence-corrected chi connectivity index (χ0v) is 14.7. The van der Waals surface area contributed by atoms with Crippen LogP contribution in [0.4, 0.5) is 0 Å². The Bertz CT molecular complexity index is 773. The van der Waals surface area contributed by atoms with Gasteiger partial charge in [0.05, 0.1) is 0 Å². The van der Waals surface area contributed by atoms with Gasteiger partial charge in [-0.1, -0.05) is 17.3 Å². The number of ketones is 1. The Morgan fingerprint density at radius 2 is 1.96 bits per heavy atom. The van der Waals surface area contributed by atoms with E-state index in [-0.39, 0.29) is 30.4 Å². The predicted molar refractivity (Wildman–Crippen MR) is 91.6 cm³/mol. The van der Waals surface area contributed by atoms with Gasteiger partial charge in [-0.3, -0.25) is 9.59 Å². The minimum atomic E-state index is -0.105. The predicted octanol–water partition coefficient (Wildman–Crippen LogP) is 3.47. The summed E-state index contributed by atoms with van der Waals surface area (Å²) < 4.78 is 10.9. The van der Waals surface area contributed by atoms with Gasteiger partial charge >= 0.3 is 0 Å². The van der Waals surface area contributed by atoms with Crippen molar-refractivity contribution in [2.45, 2.75) is 52.3 Å². The van der Waals surface area contributed by atoms with Crippen LogP contribution >= 0.6 is 0 Å². The Balaban J connectivity index is 1.65. The number of benzene rings is 1. The molecule has 1 aliphatic heterocycles. The standard InChI is InChI=1S/C19H22N2O4/c1-12-7-8-13(2)21(12)19(23)18-10-17(25-20-18)11-24-16-6-4-5-15(9-16)14(3)22/h4-6,9-10,12-13H,7-8,11H2,1-3H3. The average molecular weight is 342 g/mol. The molecular weight excluding hydrogens is 320 g/mol. The van der Waals surface area contributed by atoms with Crippen LogP contribution in [0.25, 0.3) is 0 Å². The van der Waals surface area contributed by atoms with Gasteiger partial charge in [0, 0.05) is 23.7 Å². The summed E-state index contributed by atoms with van der Waals surface area (Å²) in [5.74, 6) is 0.910. The first-order valence-electron chi connectivity index (χ1n) is 8.47. The third kappa shape index (κ3) is 3.73. The summed E-state index contributed by atoms with van der Waals surface area (Å²) in [5.41, 5.74) is 0.889. The maximum Gasteiger partial charge on any atom is 0.276 e. The van der Waals surface area contributed by atoms with Crippen molar-refractivity contribution in [1.82, 2.24) is 10.1 Å². The smallest absolute Gasteiger partial charge is 0.276 e. The molecule has 3 rings (SSSR count). The van der Waals surface area contributed by atoms with E-state index in [1.807, 2.05) is 18.7 Å². The summed E-state index contributed by atoms with van der Waals surface area (Å²) in [5, 5.41) is 3.89. The molecule has 2 atom stereocenters. The second-order valence-corrected chi connectivity index (χ2v) is 6.54. The molecule has 2 aromatic rings. The largest absolute Gasteiger partial charge is 0.486 e. The van der Waals surface area contributed by atoms with Crippen LogP contribution in [0.1, 0.15) is 60.2 Å². The fourth-order valence-electron chi connectivity index (χ4n) is 3.17. The molecule has 1 amide bonds. The molecule has 2 unspecified atom stereocenters. The van der Waals surface area contributed by atoms with Gasteiger partial charge < -0.3 is 14.2 Å². The Morgan fingerprint density at radius 1 is 1.24 bits per heavy atom. The number of amides is 1. The number of ether oxygens (including phenoxy) is 1. The monoisotopic (exact) mass is 342 g/mol. The van der Waals surface area contributed by atoms with E-state index < -0.39 is 0 Å². The number of nitrogens with zero attached hydrogens (tertiary/aromatic N) is 2. The van der Waals surface area contributed by atoms with Gasteiger partial charge in [0.15, 0.2) is 17.2 Å². The second-order valence-electron chi connectivity index (χ2n) is 6.54. The van der Waals surface area contributed by atoms with Gasteiger partial charge in [-0.2, -0.15) is 0 Å². The molecule has 1 aromatic carbocycles. The Morgan fingerprint density at radius 3 is 2.64 bits per heavy atom. The van der Waals surface area contributed by atoms with Gasteiger partial charge in [0.25, 0.3) is 5.91 Å². The summed E-state index contributed by atoms with van der Waals surface area (Å²) in [6, 6.07) is 8.99. The van der Waals surface area contributed by atoms with Crippen molar-refractivity contribution < 1.29 is 18.8 Å². The number of aromatic nitrogens is 1. The highest BCUT2D eigenvalue weighted by molar-refractivity contribution is 5.94. The van der Waals surface area contributed by atoms with Crippen molar-refractivity contribution in [3.05, 3.63) is 47.3 Å². The fourth-order valence-corrected chi connectivity index (χ4v) is 3.17. The quantitative estimate of drug-likeness (QED) is 0.778. The zero-order chi connectivity index (χ0) is 18.0. The van der Waals surface area contributed by atoms with Crippen molar-refractivity contribution in [2.75, 3.05) is 0 Å². The van der Waals surface area contributed by atoms with E-state index >= 15 is 0 Å². The lowest BCUT2D eigenvalue weighted by molar-refractivity contribution is 0.0681. The summed E-state index contributed by atoms with van der Waals surface area (Å²) >= 11 is 0. The first-order valence-corrected chi connectivity index (χ1v) is 8.47. The van der Waals surface area contributed by atoms with Crippen LogP contribution in [-0.2, 0) is 6.61 Å². The number of Topliss-reactive ketones (excluding diaryl/α,β-unsaturated/α-hetero) is 1. The Hall–Kier alpha value is -2.63. The summed E-state index contributed by atoms with van der Waals surface area (Å²) in [7, 11) is 0. The lowest BCUT2D eigenvalue weighted by Gasteiger charge is -2.24. The minimum Gasteiger partial charge on any atom is -0.486 e. The maximum absolute atomic E-state index is 12.6. The summed E-state index contributed by atoms with van der Waals surface area (Å²) in [6.45, 7) is 5.75. The van der Waals surface area contributed by atoms with Crippen molar-refractivity contribution in [2.24, 2.45) is 0 Å². The number of rotatable bonds is 5.